The van der Waals surface area contributed by atoms with Crippen LogP contribution in [0.2, 0.25) is 18.1 Å². The highest BCUT2D eigenvalue weighted by Gasteiger charge is 2.51. The van der Waals surface area contributed by atoms with Gasteiger partial charge in [0, 0.05) is 5.92 Å². The third-order valence-corrected chi connectivity index (χ3v) is 10.6. The highest BCUT2D eigenvalue weighted by molar-refractivity contribution is 6.74. The van der Waals surface area contributed by atoms with E-state index in [2.05, 4.69) is 33.9 Å². The fourth-order valence-corrected chi connectivity index (χ4v) is 4.53. The van der Waals surface area contributed by atoms with Crippen LogP contribution in [0.5, 0.6) is 11.5 Å². The van der Waals surface area contributed by atoms with Gasteiger partial charge in [0.2, 0.25) is 0 Å². The molecule has 2 aliphatic heterocycles. The van der Waals surface area contributed by atoms with Crippen molar-refractivity contribution in [2.24, 2.45) is 0 Å². The van der Waals surface area contributed by atoms with Gasteiger partial charge in [-0.2, -0.15) is 0 Å². The summed E-state index contributed by atoms with van der Waals surface area (Å²) in [6.45, 7) is 10.8. The van der Waals surface area contributed by atoms with Crippen LogP contribution in [0, 0.1) is 0 Å². The van der Waals surface area contributed by atoms with E-state index in [0.29, 0.717) is 12.2 Å². The van der Waals surface area contributed by atoms with E-state index in [9.17, 15) is 9.90 Å². The van der Waals surface area contributed by atoms with E-state index in [-0.39, 0.29) is 23.3 Å². The van der Waals surface area contributed by atoms with Crippen molar-refractivity contribution in [1.82, 2.24) is 0 Å². The van der Waals surface area contributed by atoms with Crippen molar-refractivity contribution in [3.8, 4) is 11.5 Å². The van der Waals surface area contributed by atoms with Crippen LogP contribution in [0.1, 0.15) is 38.7 Å². The van der Waals surface area contributed by atoms with E-state index in [1.807, 2.05) is 18.2 Å². The topological polar surface area (TPSA) is 65.0 Å². The van der Waals surface area contributed by atoms with Crippen LogP contribution in [-0.4, -0.2) is 44.6 Å². The summed E-state index contributed by atoms with van der Waals surface area (Å²) in [5, 5.41) is 10.1. The molecule has 0 spiro atoms. The molecular formula is C21H30O5Si. The van der Waals surface area contributed by atoms with Gasteiger partial charge in [0.1, 0.15) is 17.5 Å². The van der Waals surface area contributed by atoms with Crippen LogP contribution >= 0.6 is 0 Å². The summed E-state index contributed by atoms with van der Waals surface area (Å²) in [6, 6.07) is 5.88. The second kappa shape index (κ2) is 6.76. The molecule has 0 aliphatic carbocycles. The molecule has 0 aromatic heterocycles. The molecule has 1 fully saturated rings. The minimum absolute atomic E-state index is 0.0357. The van der Waals surface area contributed by atoms with Crippen molar-refractivity contribution < 1.29 is 23.8 Å². The Balaban J connectivity index is 1.93. The van der Waals surface area contributed by atoms with Gasteiger partial charge in [0.25, 0.3) is 8.32 Å². The van der Waals surface area contributed by atoms with Crippen molar-refractivity contribution in [3.05, 3.63) is 35.9 Å². The highest BCUT2D eigenvalue weighted by Crippen LogP contribution is 2.48. The number of benzene rings is 1. The van der Waals surface area contributed by atoms with Crippen LogP contribution in [0.25, 0.3) is 0 Å². The Hall–Kier alpha value is -1.63. The van der Waals surface area contributed by atoms with E-state index in [1.165, 1.54) is 6.08 Å². The van der Waals surface area contributed by atoms with E-state index in [4.69, 9.17) is 13.9 Å². The Bertz CT molecular complexity index is 764. The van der Waals surface area contributed by atoms with Crippen LogP contribution in [0.4, 0.5) is 0 Å². The Morgan fingerprint density at radius 3 is 2.59 bits per heavy atom. The molecule has 148 valence electrons. The molecule has 27 heavy (non-hydrogen) atoms. The SMILES string of the molecule is COc1cc([C@@H]2C[C@H]3O[C@]2(CO)C=CC3=O)ccc1O[Si](C)(C)C(C)(C)C. The van der Waals surface area contributed by atoms with Crippen LogP contribution in [0.15, 0.2) is 30.4 Å². The average molecular weight is 391 g/mol. The number of methoxy groups -OCH3 is 1. The lowest BCUT2D eigenvalue weighted by Gasteiger charge is -2.37. The molecular weight excluding hydrogens is 360 g/mol. The van der Waals surface area contributed by atoms with Gasteiger partial charge in [-0.3, -0.25) is 4.79 Å². The molecule has 0 amide bonds. The number of fused-ring (bicyclic) bond motifs is 2. The molecule has 0 unspecified atom stereocenters. The molecule has 2 aliphatic rings. The molecule has 1 N–H and O–H groups in total. The summed E-state index contributed by atoms with van der Waals surface area (Å²) in [6.07, 6.45) is 3.31. The number of aliphatic hydroxyl groups is 1. The predicted molar refractivity (Wildman–Crippen MR) is 107 cm³/mol. The summed E-state index contributed by atoms with van der Waals surface area (Å²) in [5.74, 6) is 1.26. The standard InChI is InChI=1S/C21H30O5Si/c1-20(2,3)27(5,6)26-17-8-7-14(11-19(17)24-4)15-12-18-16(23)9-10-21(15,13-22)25-18/h7-11,15,18,22H,12-13H2,1-6H3/t15-,18+,21-/m0/s1. The lowest BCUT2D eigenvalue weighted by Crippen LogP contribution is -2.44. The number of carbonyl (C=O) groups excluding carboxylic acids is 1. The molecule has 6 heteroatoms. The number of carbonyl (C=O) groups is 1. The number of rotatable bonds is 5. The first-order chi connectivity index (χ1) is 12.5. The van der Waals surface area contributed by atoms with Gasteiger partial charge in [0.05, 0.1) is 13.7 Å². The Kier molecular flexibility index (Phi) is 5.03. The maximum absolute atomic E-state index is 12.0. The van der Waals surface area contributed by atoms with Crippen molar-refractivity contribution in [1.29, 1.82) is 0 Å². The maximum Gasteiger partial charge on any atom is 0.250 e. The Morgan fingerprint density at radius 1 is 1.30 bits per heavy atom. The molecule has 2 bridgehead atoms. The van der Waals surface area contributed by atoms with Crippen LogP contribution in [0.3, 0.4) is 0 Å². The van der Waals surface area contributed by atoms with Gasteiger partial charge in [-0.05, 0) is 54.4 Å². The molecule has 0 radical (unpaired) electrons. The van der Waals surface area contributed by atoms with Crippen molar-refractivity contribution in [2.75, 3.05) is 13.7 Å². The van der Waals surface area contributed by atoms with E-state index in [1.54, 1.807) is 13.2 Å². The Morgan fingerprint density at radius 2 is 2.00 bits per heavy atom. The minimum Gasteiger partial charge on any atom is -0.541 e. The maximum atomic E-state index is 12.0. The Labute approximate surface area is 162 Å². The van der Waals surface area contributed by atoms with Crippen molar-refractivity contribution >= 4 is 14.1 Å². The second-order valence-corrected chi connectivity index (χ2v) is 13.7. The fourth-order valence-electron chi connectivity index (χ4n) is 3.50. The first kappa shape index (κ1) is 20.1. The lowest BCUT2D eigenvalue weighted by atomic mass is 9.82. The summed E-state index contributed by atoms with van der Waals surface area (Å²) in [5.41, 5.74) is 0.135. The third-order valence-electron chi connectivity index (χ3n) is 6.26. The van der Waals surface area contributed by atoms with Gasteiger partial charge < -0.3 is 19.0 Å². The monoisotopic (exact) mass is 390 g/mol. The molecule has 2 heterocycles. The normalized spacial score (nSPS) is 27.7. The molecule has 3 atom stereocenters. The fraction of sp³-hybridized carbons (Fsp3) is 0.571. The molecule has 1 aromatic rings. The van der Waals surface area contributed by atoms with Gasteiger partial charge in [0.15, 0.2) is 11.5 Å². The number of hydrogen-bond donors (Lipinski definition) is 1. The molecule has 3 rings (SSSR count). The molecule has 1 saturated heterocycles. The summed E-state index contributed by atoms with van der Waals surface area (Å²) in [7, 11) is -0.364. The zero-order valence-electron chi connectivity index (χ0n) is 17.0. The van der Waals surface area contributed by atoms with E-state index >= 15 is 0 Å². The van der Waals surface area contributed by atoms with Gasteiger partial charge in [-0.25, -0.2) is 0 Å². The van der Waals surface area contributed by atoms with Crippen LogP contribution < -0.4 is 9.16 Å². The van der Waals surface area contributed by atoms with Gasteiger partial charge in [-0.1, -0.05) is 26.8 Å². The number of ether oxygens (including phenoxy) is 2. The van der Waals surface area contributed by atoms with Crippen molar-refractivity contribution in [2.45, 2.75) is 62.9 Å². The van der Waals surface area contributed by atoms with Crippen molar-refractivity contribution in [3.63, 3.8) is 0 Å². The van der Waals surface area contributed by atoms with Gasteiger partial charge >= 0.3 is 0 Å². The predicted octanol–water partition coefficient (Wildman–Crippen LogP) is 3.82. The highest BCUT2D eigenvalue weighted by atomic mass is 28.4. The number of aliphatic hydroxyl groups excluding tert-OH is 1. The summed E-state index contributed by atoms with van der Waals surface area (Å²) < 4.78 is 17.9. The molecule has 1 aromatic carbocycles. The zero-order chi connectivity index (χ0) is 20.0. The van der Waals surface area contributed by atoms with E-state index < -0.39 is 20.0 Å². The number of hydrogen-bond acceptors (Lipinski definition) is 5. The number of ketones is 1. The summed E-state index contributed by atoms with van der Waals surface area (Å²) >= 11 is 0. The first-order valence-electron chi connectivity index (χ1n) is 9.42. The van der Waals surface area contributed by atoms with Crippen LogP contribution in [-0.2, 0) is 9.53 Å². The summed E-state index contributed by atoms with van der Waals surface area (Å²) in [4.78, 5) is 12.0. The first-order valence-corrected chi connectivity index (χ1v) is 12.3. The van der Waals surface area contributed by atoms with Gasteiger partial charge in [-0.15, -0.1) is 0 Å². The minimum atomic E-state index is -1.99. The third kappa shape index (κ3) is 3.46. The second-order valence-electron chi connectivity index (χ2n) is 9.02. The zero-order valence-corrected chi connectivity index (χ0v) is 18.0. The smallest absolute Gasteiger partial charge is 0.250 e. The average Bonchev–Trinajstić information content (AvgIpc) is 2.93. The largest absolute Gasteiger partial charge is 0.541 e. The lowest BCUT2D eigenvalue weighted by molar-refractivity contribution is -0.132. The van der Waals surface area contributed by atoms with E-state index in [0.717, 1.165) is 11.3 Å². The quantitative estimate of drug-likeness (QED) is 0.774. The molecule has 5 nitrogen and oxygen atoms in total. The molecule has 0 saturated carbocycles.